The maximum Gasteiger partial charge on any atom is 0.404 e. The quantitative estimate of drug-likeness (QED) is 0.595. The summed E-state index contributed by atoms with van der Waals surface area (Å²) in [7, 11) is -2.42. The van der Waals surface area contributed by atoms with Gasteiger partial charge in [0.1, 0.15) is 4.90 Å². The number of nitrogens with one attached hydrogen (secondary N) is 1. The van der Waals surface area contributed by atoms with E-state index < -0.39 is 22.7 Å². The van der Waals surface area contributed by atoms with Crippen molar-refractivity contribution in [3.8, 4) is 0 Å². The predicted molar refractivity (Wildman–Crippen MR) is 87.5 cm³/mol. The number of benzene rings is 1. The highest BCUT2D eigenvalue weighted by molar-refractivity contribution is 7.89. The van der Waals surface area contributed by atoms with Crippen LogP contribution >= 0.6 is 23.2 Å². The molecule has 0 bridgehead atoms. The number of nitrogens with zero attached hydrogens (tertiary/aromatic N) is 1. The third kappa shape index (κ3) is 5.50. The Morgan fingerprint density at radius 1 is 1.26 bits per heavy atom. The van der Waals surface area contributed by atoms with Crippen LogP contribution in [-0.2, 0) is 16.6 Å². The topological polar surface area (TPSA) is 107 Å². The van der Waals surface area contributed by atoms with Crippen molar-refractivity contribution in [2.75, 3.05) is 20.1 Å². The van der Waals surface area contributed by atoms with Crippen LogP contribution in [0.4, 0.5) is 4.79 Å². The van der Waals surface area contributed by atoms with Gasteiger partial charge in [-0.25, -0.2) is 17.5 Å². The Hall–Kier alpha value is -1.06. The van der Waals surface area contributed by atoms with E-state index in [-0.39, 0.29) is 33.6 Å². The van der Waals surface area contributed by atoms with E-state index in [2.05, 4.69) is 5.32 Å². The van der Waals surface area contributed by atoms with Crippen LogP contribution < -0.4 is 5.32 Å². The summed E-state index contributed by atoms with van der Waals surface area (Å²) in [4.78, 5) is 10.2. The van der Waals surface area contributed by atoms with Gasteiger partial charge in [-0.15, -0.1) is 0 Å². The molecule has 1 aromatic carbocycles. The monoisotopic (exact) mass is 384 g/mol. The van der Waals surface area contributed by atoms with Crippen LogP contribution in [0.5, 0.6) is 0 Å². The summed E-state index contributed by atoms with van der Waals surface area (Å²) in [5.74, 6) is 0. The first-order valence-corrected chi connectivity index (χ1v) is 8.91. The van der Waals surface area contributed by atoms with Gasteiger partial charge in [0.25, 0.3) is 0 Å². The van der Waals surface area contributed by atoms with Crippen LogP contribution in [0.2, 0.25) is 10.0 Å². The van der Waals surface area contributed by atoms with Crippen molar-refractivity contribution in [1.82, 2.24) is 9.62 Å². The molecule has 0 saturated carbocycles. The van der Waals surface area contributed by atoms with Crippen molar-refractivity contribution in [3.63, 3.8) is 0 Å². The predicted octanol–water partition coefficient (Wildman–Crippen LogP) is 2.15. The molecule has 0 aliphatic rings. The standard InChI is InChI=1S/C13H18Cl2N2O5S/c1-17(5-3-2-4-16-13(19)20)23(21,22)12-6-9(8-18)10(14)7-11(12)15/h6-7,16,18H,2-5,8H2,1H3,(H,19,20). The Morgan fingerprint density at radius 3 is 2.48 bits per heavy atom. The average Bonchev–Trinajstić information content (AvgIpc) is 2.46. The molecule has 0 saturated heterocycles. The summed E-state index contributed by atoms with van der Waals surface area (Å²) in [6.07, 6.45) is -0.133. The smallest absolute Gasteiger partial charge is 0.404 e. The summed E-state index contributed by atoms with van der Waals surface area (Å²) in [6.45, 7) is 0.0553. The van der Waals surface area contributed by atoms with E-state index in [1.807, 2.05) is 0 Å². The average molecular weight is 385 g/mol. The van der Waals surface area contributed by atoms with Crippen molar-refractivity contribution in [3.05, 3.63) is 27.7 Å². The molecule has 23 heavy (non-hydrogen) atoms. The van der Waals surface area contributed by atoms with E-state index in [1.165, 1.54) is 19.2 Å². The number of carbonyl (C=O) groups is 1. The molecule has 1 amide bonds. The normalized spacial score (nSPS) is 11.7. The van der Waals surface area contributed by atoms with E-state index in [0.717, 1.165) is 4.31 Å². The van der Waals surface area contributed by atoms with Gasteiger partial charge in [0, 0.05) is 25.2 Å². The lowest BCUT2D eigenvalue weighted by atomic mass is 10.2. The number of unbranched alkanes of at least 4 members (excludes halogenated alkanes) is 1. The second-order valence-corrected chi connectivity index (χ2v) is 7.63. The molecule has 0 atom stereocenters. The van der Waals surface area contributed by atoms with Gasteiger partial charge < -0.3 is 15.5 Å². The van der Waals surface area contributed by atoms with Crippen LogP contribution in [0.1, 0.15) is 18.4 Å². The van der Waals surface area contributed by atoms with Crippen molar-refractivity contribution in [2.24, 2.45) is 0 Å². The van der Waals surface area contributed by atoms with Gasteiger partial charge in [-0.1, -0.05) is 23.2 Å². The first-order valence-electron chi connectivity index (χ1n) is 6.72. The van der Waals surface area contributed by atoms with Crippen molar-refractivity contribution >= 4 is 39.3 Å². The van der Waals surface area contributed by atoms with Crippen LogP contribution in [0.25, 0.3) is 0 Å². The van der Waals surface area contributed by atoms with Crippen molar-refractivity contribution in [1.29, 1.82) is 0 Å². The molecule has 0 aliphatic heterocycles. The molecular weight excluding hydrogens is 367 g/mol. The van der Waals surface area contributed by atoms with E-state index in [0.29, 0.717) is 12.8 Å². The minimum absolute atomic E-state index is 0.0217. The summed E-state index contributed by atoms with van der Waals surface area (Å²) in [5, 5.41) is 20.0. The highest BCUT2D eigenvalue weighted by atomic mass is 35.5. The Bertz CT molecular complexity index is 667. The number of rotatable bonds is 8. The van der Waals surface area contributed by atoms with Crippen LogP contribution in [0, 0.1) is 0 Å². The summed E-state index contributed by atoms with van der Waals surface area (Å²) in [5.41, 5.74) is 0.272. The molecule has 0 heterocycles. The Kier molecular flexibility index (Phi) is 7.56. The molecule has 0 unspecified atom stereocenters. The number of aliphatic hydroxyl groups is 1. The minimum atomic E-state index is -3.83. The summed E-state index contributed by atoms with van der Waals surface area (Å²) >= 11 is 11.8. The highest BCUT2D eigenvalue weighted by Gasteiger charge is 2.24. The first-order chi connectivity index (χ1) is 10.7. The lowest BCUT2D eigenvalue weighted by molar-refractivity contribution is 0.194. The molecule has 0 aliphatic carbocycles. The maximum atomic E-state index is 12.5. The van der Waals surface area contributed by atoms with Crippen LogP contribution in [0.15, 0.2) is 17.0 Å². The fraction of sp³-hybridized carbons (Fsp3) is 0.462. The molecule has 0 fully saturated rings. The zero-order valence-electron chi connectivity index (χ0n) is 12.4. The van der Waals surface area contributed by atoms with Crippen LogP contribution in [-0.4, -0.2) is 49.2 Å². The summed E-state index contributed by atoms with van der Waals surface area (Å²) in [6, 6.07) is 2.54. The van der Waals surface area contributed by atoms with Gasteiger partial charge in [0.05, 0.1) is 11.6 Å². The lowest BCUT2D eigenvalue weighted by Crippen LogP contribution is -2.29. The molecule has 7 nitrogen and oxygen atoms in total. The minimum Gasteiger partial charge on any atom is -0.465 e. The number of hydrogen-bond acceptors (Lipinski definition) is 4. The van der Waals surface area contributed by atoms with Gasteiger partial charge in [-0.3, -0.25) is 0 Å². The molecule has 1 aromatic rings. The van der Waals surface area contributed by atoms with E-state index >= 15 is 0 Å². The molecule has 130 valence electrons. The molecule has 0 spiro atoms. The largest absolute Gasteiger partial charge is 0.465 e. The maximum absolute atomic E-state index is 12.5. The highest BCUT2D eigenvalue weighted by Crippen LogP contribution is 2.30. The third-order valence-corrected chi connectivity index (χ3v) is 5.81. The number of sulfonamides is 1. The SMILES string of the molecule is CN(CCCCNC(=O)O)S(=O)(=O)c1cc(CO)c(Cl)cc1Cl. The Labute approximate surface area is 144 Å². The third-order valence-electron chi connectivity index (χ3n) is 3.14. The van der Waals surface area contributed by atoms with Crippen LogP contribution in [0.3, 0.4) is 0 Å². The molecular formula is C13H18Cl2N2O5S. The zero-order chi connectivity index (χ0) is 17.6. The van der Waals surface area contributed by atoms with Crippen molar-refractivity contribution < 1.29 is 23.4 Å². The number of hydrogen-bond donors (Lipinski definition) is 3. The second kappa shape index (κ2) is 8.70. The number of aliphatic hydroxyl groups excluding tert-OH is 1. The van der Waals surface area contributed by atoms with Gasteiger partial charge in [-0.05, 0) is 30.5 Å². The second-order valence-electron chi connectivity index (χ2n) is 4.80. The molecule has 10 heteroatoms. The van der Waals surface area contributed by atoms with Crippen molar-refractivity contribution in [2.45, 2.75) is 24.3 Å². The first kappa shape index (κ1) is 20.0. The van der Waals surface area contributed by atoms with E-state index in [4.69, 9.17) is 28.3 Å². The Morgan fingerprint density at radius 2 is 1.91 bits per heavy atom. The zero-order valence-corrected chi connectivity index (χ0v) is 14.7. The molecule has 1 rings (SSSR count). The number of halogens is 2. The van der Waals surface area contributed by atoms with Gasteiger partial charge >= 0.3 is 6.09 Å². The fourth-order valence-electron chi connectivity index (χ4n) is 1.83. The molecule has 0 radical (unpaired) electrons. The fourth-order valence-corrected chi connectivity index (χ4v) is 3.87. The lowest BCUT2D eigenvalue weighted by Gasteiger charge is -2.19. The number of amides is 1. The van der Waals surface area contributed by atoms with Gasteiger partial charge in [0.2, 0.25) is 10.0 Å². The van der Waals surface area contributed by atoms with E-state index in [9.17, 15) is 18.3 Å². The summed E-state index contributed by atoms with van der Waals surface area (Å²) < 4.78 is 26.2. The van der Waals surface area contributed by atoms with Gasteiger partial charge in [-0.2, -0.15) is 0 Å². The molecule has 0 aromatic heterocycles. The van der Waals surface area contributed by atoms with Gasteiger partial charge in [0.15, 0.2) is 0 Å². The Balaban J connectivity index is 2.80. The van der Waals surface area contributed by atoms with E-state index in [1.54, 1.807) is 0 Å². The molecule has 3 N–H and O–H groups in total. The number of carboxylic acid groups (broad SMARTS) is 1.